The van der Waals surface area contributed by atoms with Crippen LogP contribution in [0.25, 0.3) is 10.8 Å². The van der Waals surface area contributed by atoms with Gasteiger partial charge in [-0.05, 0) is 52.7 Å². The zero-order valence-corrected chi connectivity index (χ0v) is 18.7. The van der Waals surface area contributed by atoms with Gasteiger partial charge < -0.3 is 14.0 Å². The van der Waals surface area contributed by atoms with E-state index in [4.69, 9.17) is 9.47 Å². The average Bonchev–Trinajstić information content (AvgIpc) is 3.31. The summed E-state index contributed by atoms with van der Waals surface area (Å²) in [5.41, 5.74) is 1.75. The highest BCUT2D eigenvalue weighted by Crippen LogP contribution is 2.40. The first-order valence-electron chi connectivity index (χ1n) is 10.4. The molecule has 0 bridgehead atoms. The van der Waals surface area contributed by atoms with E-state index in [2.05, 4.69) is 4.57 Å². The van der Waals surface area contributed by atoms with Gasteiger partial charge in [0, 0.05) is 25.0 Å². The molecule has 1 aromatic heterocycles. The minimum atomic E-state index is -3.76. The van der Waals surface area contributed by atoms with Gasteiger partial charge in [-0.15, -0.1) is 0 Å². The third-order valence-corrected chi connectivity index (χ3v) is 7.91. The van der Waals surface area contributed by atoms with Crippen molar-refractivity contribution in [1.82, 2.24) is 8.87 Å². The largest absolute Gasteiger partial charge is 0.493 e. The predicted octanol–water partition coefficient (Wildman–Crippen LogP) is 4.45. The average molecular weight is 449 g/mol. The first-order chi connectivity index (χ1) is 15.5. The van der Waals surface area contributed by atoms with Gasteiger partial charge in [0.1, 0.15) is 0 Å². The number of rotatable bonds is 5. The van der Waals surface area contributed by atoms with Crippen molar-refractivity contribution in [3.8, 4) is 11.5 Å². The molecular formula is C25H24N2O4S. The van der Waals surface area contributed by atoms with Crippen molar-refractivity contribution in [2.24, 2.45) is 0 Å². The van der Waals surface area contributed by atoms with Crippen LogP contribution in [-0.4, -0.2) is 38.1 Å². The molecule has 0 saturated carbocycles. The molecule has 1 aliphatic heterocycles. The van der Waals surface area contributed by atoms with E-state index >= 15 is 0 Å². The number of methoxy groups -OCH3 is 2. The Morgan fingerprint density at radius 3 is 2.38 bits per heavy atom. The highest BCUT2D eigenvalue weighted by atomic mass is 32.2. The predicted molar refractivity (Wildman–Crippen MR) is 124 cm³/mol. The van der Waals surface area contributed by atoms with E-state index in [1.165, 1.54) is 0 Å². The summed E-state index contributed by atoms with van der Waals surface area (Å²) in [6, 6.07) is 22.1. The number of aromatic nitrogens is 1. The Balaban J connectivity index is 1.64. The van der Waals surface area contributed by atoms with Gasteiger partial charge in [-0.3, -0.25) is 0 Å². The molecule has 164 valence electrons. The fourth-order valence-corrected chi connectivity index (χ4v) is 6.06. The summed E-state index contributed by atoms with van der Waals surface area (Å²) in [5.74, 6) is 1.17. The second-order valence-corrected chi connectivity index (χ2v) is 9.66. The second-order valence-electron chi connectivity index (χ2n) is 7.77. The molecule has 0 spiro atoms. The Hall–Kier alpha value is -3.29. The highest BCUT2D eigenvalue weighted by Gasteiger charge is 2.38. The van der Waals surface area contributed by atoms with Crippen molar-refractivity contribution in [1.29, 1.82) is 0 Å². The lowest BCUT2D eigenvalue weighted by Gasteiger charge is -2.36. The molecule has 1 aliphatic rings. The monoisotopic (exact) mass is 448 g/mol. The first-order valence-corrected chi connectivity index (χ1v) is 11.8. The fourth-order valence-electron chi connectivity index (χ4n) is 4.44. The van der Waals surface area contributed by atoms with Crippen molar-refractivity contribution in [3.05, 3.63) is 90.3 Å². The maximum absolute atomic E-state index is 13.9. The summed E-state index contributed by atoms with van der Waals surface area (Å²) < 4.78 is 42.3. The van der Waals surface area contributed by atoms with E-state index < -0.39 is 16.1 Å². The van der Waals surface area contributed by atoms with E-state index in [-0.39, 0.29) is 0 Å². The quantitative estimate of drug-likeness (QED) is 0.453. The summed E-state index contributed by atoms with van der Waals surface area (Å²) in [6.45, 7) is 0.967. The van der Waals surface area contributed by atoms with Gasteiger partial charge in [0.2, 0.25) is 10.0 Å². The molecule has 5 rings (SSSR count). The Morgan fingerprint density at radius 1 is 0.812 bits per heavy atom. The summed E-state index contributed by atoms with van der Waals surface area (Å²) in [6.07, 6.45) is 1.99. The molecule has 1 atom stereocenters. The zero-order valence-electron chi connectivity index (χ0n) is 17.9. The summed E-state index contributed by atoms with van der Waals surface area (Å²) >= 11 is 0. The van der Waals surface area contributed by atoms with E-state index in [0.29, 0.717) is 29.5 Å². The van der Waals surface area contributed by atoms with Crippen LogP contribution in [0.15, 0.2) is 83.9 Å². The van der Waals surface area contributed by atoms with Crippen LogP contribution in [0.2, 0.25) is 0 Å². The molecule has 7 heteroatoms. The molecule has 4 aromatic rings. The molecule has 3 aromatic carbocycles. The molecule has 2 heterocycles. The van der Waals surface area contributed by atoms with Gasteiger partial charge in [-0.25, -0.2) is 8.42 Å². The number of hydrogen-bond acceptors (Lipinski definition) is 4. The molecule has 0 saturated heterocycles. The number of benzene rings is 3. The van der Waals surface area contributed by atoms with Crippen molar-refractivity contribution in [3.63, 3.8) is 0 Å². The molecule has 0 fully saturated rings. The molecule has 0 aliphatic carbocycles. The molecular weight excluding hydrogens is 424 g/mol. The minimum Gasteiger partial charge on any atom is -0.493 e. The summed E-state index contributed by atoms with van der Waals surface area (Å²) in [4.78, 5) is 0.293. The molecule has 0 unspecified atom stereocenters. The van der Waals surface area contributed by atoms with Crippen LogP contribution in [0.5, 0.6) is 11.5 Å². The summed E-state index contributed by atoms with van der Waals surface area (Å²) in [5, 5.41) is 1.91. The molecule has 0 radical (unpaired) electrons. The van der Waals surface area contributed by atoms with Crippen LogP contribution in [0.3, 0.4) is 0 Å². The lowest BCUT2D eigenvalue weighted by molar-refractivity contribution is 0.296. The number of nitrogens with zero attached hydrogens (tertiary/aromatic N) is 2. The Morgan fingerprint density at radius 2 is 1.59 bits per heavy atom. The molecule has 32 heavy (non-hydrogen) atoms. The van der Waals surface area contributed by atoms with Crippen LogP contribution in [0.4, 0.5) is 0 Å². The SMILES string of the molecule is COc1ccc([C@H]2c3cccn3CCN2S(=O)(=O)c2ccc3ccccc3c2)cc1OC. The number of sulfonamides is 1. The summed E-state index contributed by atoms with van der Waals surface area (Å²) in [7, 11) is -0.597. The van der Waals surface area contributed by atoms with Gasteiger partial charge >= 0.3 is 0 Å². The molecule has 6 nitrogen and oxygen atoms in total. The standard InChI is InChI=1S/C25H24N2O4S/c1-30-23-12-10-20(17-24(23)31-2)25-22-8-5-13-26(22)14-15-27(25)32(28,29)21-11-9-18-6-3-4-7-19(18)16-21/h3-13,16-17,25H,14-15H2,1-2H3/t25-/m0/s1. The van der Waals surface area contributed by atoms with Crippen LogP contribution >= 0.6 is 0 Å². The zero-order chi connectivity index (χ0) is 22.3. The van der Waals surface area contributed by atoms with Crippen molar-refractivity contribution in [2.75, 3.05) is 20.8 Å². The Labute approximate surface area is 187 Å². The van der Waals surface area contributed by atoms with Gasteiger partial charge in [-0.2, -0.15) is 4.31 Å². The second kappa shape index (κ2) is 8.00. The minimum absolute atomic E-state index is 0.293. The maximum atomic E-state index is 13.9. The molecule has 0 N–H and O–H groups in total. The van der Waals surface area contributed by atoms with E-state index in [1.54, 1.807) is 30.7 Å². The van der Waals surface area contributed by atoms with Crippen LogP contribution in [0, 0.1) is 0 Å². The Kier molecular flexibility index (Phi) is 5.15. The van der Waals surface area contributed by atoms with Crippen LogP contribution in [-0.2, 0) is 16.6 Å². The van der Waals surface area contributed by atoms with Crippen LogP contribution in [0.1, 0.15) is 17.3 Å². The van der Waals surface area contributed by atoms with Gasteiger partial charge in [0.25, 0.3) is 0 Å². The smallest absolute Gasteiger partial charge is 0.244 e. The Bertz CT molecular complexity index is 1390. The number of ether oxygens (including phenoxy) is 2. The lowest BCUT2D eigenvalue weighted by Crippen LogP contribution is -2.42. The third kappa shape index (κ3) is 3.34. The van der Waals surface area contributed by atoms with Crippen LogP contribution < -0.4 is 9.47 Å². The lowest BCUT2D eigenvalue weighted by atomic mass is 10.0. The fraction of sp³-hybridized carbons (Fsp3) is 0.200. The molecule has 0 amide bonds. The normalized spacial score (nSPS) is 16.6. The highest BCUT2D eigenvalue weighted by molar-refractivity contribution is 7.89. The van der Waals surface area contributed by atoms with Crippen molar-refractivity contribution < 1.29 is 17.9 Å². The maximum Gasteiger partial charge on any atom is 0.244 e. The van der Waals surface area contributed by atoms with Gasteiger partial charge in [-0.1, -0.05) is 36.4 Å². The first kappa shape index (κ1) is 20.6. The van der Waals surface area contributed by atoms with Gasteiger partial charge in [0.15, 0.2) is 11.5 Å². The van der Waals surface area contributed by atoms with E-state index in [1.807, 2.05) is 66.9 Å². The van der Waals surface area contributed by atoms with Crippen molar-refractivity contribution in [2.45, 2.75) is 17.5 Å². The van der Waals surface area contributed by atoms with E-state index in [9.17, 15) is 8.42 Å². The van der Waals surface area contributed by atoms with Gasteiger partial charge in [0.05, 0.1) is 25.2 Å². The van der Waals surface area contributed by atoms with Crippen molar-refractivity contribution >= 4 is 20.8 Å². The topological polar surface area (TPSA) is 60.8 Å². The number of hydrogen-bond donors (Lipinski definition) is 0. The third-order valence-electron chi connectivity index (χ3n) is 6.04. The number of fused-ring (bicyclic) bond motifs is 2. The van der Waals surface area contributed by atoms with E-state index in [0.717, 1.165) is 22.0 Å².